The van der Waals surface area contributed by atoms with Gasteiger partial charge < -0.3 is 9.72 Å². The number of pyridine rings is 1. The van der Waals surface area contributed by atoms with Crippen molar-refractivity contribution in [1.82, 2.24) is 19.6 Å². The van der Waals surface area contributed by atoms with Crippen LogP contribution in [-0.4, -0.2) is 40.5 Å². The van der Waals surface area contributed by atoms with Crippen molar-refractivity contribution in [1.29, 1.82) is 0 Å². The molecule has 4 rings (SSSR count). The summed E-state index contributed by atoms with van der Waals surface area (Å²) in [7, 11) is 0. The van der Waals surface area contributed by atoms with E-state index in [1.165, 1.54) is 56.8 Å². The molecule has 0 amide bonds. The third-order valence-corrected chi connectivity index (χ3v) is 5.38. The van der Waals surface area contributed by atoms with Crippen LogP contribution in [0.2, 0.25) is 0 Å². The molecule has 4 nitrogen and oxygen atoms in total. The summed E-state index contributed by atoms with van der Waals surface area (Å²) in [5.74, 6) is 0. The van der Waals surface area contributed by atoms with Gasteiger partial charge in [-0.1, -0.05) is 6.07 Å². The highest BCUT2D eigenvalue weighted by atomic mass is 15.2. The van der Waals surface area contributed by atoms with Crippen molar-refractivity contribution in [2.45, 2.75) is 32.7 Å². The first kappa shape index (κ1) is 13.3. The fourth-order valence-electron chi connectivity index (χ4n) is 4.09. The maximum atomic E-state index is 4.69. The van der Waals surface area contributed by atoms with E-state index in [1.807, 2.05) is 0 Å². The van der Waals surface area contributed by atoms with Crippen LogP contribution in [0, 0.1) is 12.3 Å². The largest absolute Gasteiger partial charge is 0.317 e. The number of aromatic nitrogens is 2. The molecule has 4 heterocycles. The summed E-state index contributed by atoms with van der Waals surface area (Å²) in [5.41, 5.74) is 4.18. The Morgan fingerprint density at radius 1 is 1.24 bits per heavy atom. The molecule has 0 radical (unpaired) electrons. The first-order chi connectivity index (χ1) is 10.3. The number of likely N-dealkylation sites (tertiary alicyclic amines) is 1. The van der Waals surface area contributed by atoms with Gasteiger partial charge in [-0.05, 0) is 63.4 Å². The summed E-state index contributed by atoms with van der Waals surface area (Å²) in [4.78, 5) is 7.32. The van der Waals surface area contributed by atoms with Crippen LogP contribution in [-0.2, 0) is 6.54 Å². The molecule has 2 aliphatic heterocycles. The lowest BCUT2D eigenvalue weighted by Crippen LogP contribution is -2.38. The molecule has 2 aromatic heterocycles. The lowest BCUT2D eigenvalue weighted by molar-refractivity contribution is 0.193. The Kier molecular flexibility index (Phi) is 3.23. The third-order valence-electron chi connectivity index (χ3n) is 5.38. The first-order valence-corrected chi connectivity index (χ1v) is 8.11. The Balaban J connectivity index is 1.54. The summed E-state index contributed by atoms with van der Waals surface area (Å²) in [5, 5.41) is 3.50. The fraction of sp³-hybridized carbons (Fsp3) is 0.588. The molecule has 0 bridgehead atoms. The van der Waals surface area contributed by atoms with Crippen LogP contribution < -0.4 is 5.32 Å². The van der Waals surface area contributed by atoms with Gasteiger partial charge in [-0.25, -0.2) is 4.98 Å². The minimum atomic E-state index is 0.583. The SMILES string of the molecule is Cc1nc2ccccn2c1CN1CCC2(CCNCC2)C1. The van der Waals surface area contributed by atoms with E-state index in [1.54, 1.807) is 0 Å². The molecule has 1 N–H and O–H groups in total. The molecule has 1 spiro atoms. The van der Waals surface area contributed by atoms with Crippen LogP contribution in [0.25, 0.3) is 5.65 Å². The first-order valence-electron chi connectivity index (χ1n) is 8.11. The summed E-state index contributed by atoms with van der Waals surface area (Å²) in [6.45, 7) is 8.06. The quantitative estimate of drug-likeness (QED) is 0.918. The molecule has 0 aromatic carbocycles. The van der Waals surface area contributed by atoms with E-state index in [4.69, 9.17) is 0 Å². The van der Waals surface area contributed by atoms with Crippen molar-refractivity contribution in [3.8, 4) is 0 Å². The lowest BCUT2D eigenvalue weighted by Gasteiger charge is -2.33. The number of imidazole rings is 1. The van der Waals surface area contributed by atoms with E-state index >= 15 is 0 Å². The second kappa shape index (κ2) is 5.11. The van der Waals surface area contributed by atoms with Gasteiger partial charge in [-0.3, -0.25) is 4.90 Å². The summed E-state index contributed by atoms with van der Waals surface area (Å²) < 4.78 is 2.25. The second-order valence-electron chi connectivity index (χ2n) is 6.78. The molecular formula is C17H24N4. The molecule has 2 saturated heterocycles. The molecule has 0 unspecified atom stereocenters. The normalized spacial score (nSPS) is 22.3. The number of piperidine rings is 1. The van der Waals surface area contributed by atoms with Gasteiger partial charge >= 0.3 is 0 Å². The zero-order valence-electron chi connectivity index (χ0n) is 12.8. The minimum absolute atomic E-state index is 0.583. The van der Waals surface area contributed by atoms with Gasteiger partial charge in [0.15, 0.2) is 0 Å². The van der Waals surface area contributed by atoms with Gasteiger partial charge in [-0.2, -0.15) is 0 Å². The zero-order valence-corrected chi connectivity index (χ0v) is 12.8. The van der Waals surface area contributed by atoms with E-state index < -0.39 is 0 Å². The molecule has 0 aliphatic carbocycles. The molecular weight excluding hydrogens is 260 g/mol. The Hall–Kier alpha value is -1.39. The van der Waals surface area contributed by atoms with Crippen LogP contribution in [0.1, 0.15) is 30.7 Å². The molecule has 2 fully saturated rings. The predicted molar refractivity (Wildman–Crippen MR) is 84.4 cm³/mol. The Morgan fingerprint density at radius 3 is 2.95 bits per heavy atom. The summed E-state index contributed by atoms with van der Waals surface area (Å²) >= 11 is 0. The maximum Gasteiger partial charge on any atom is 0.137 e. The van der Waals surface area contributed by atoms with Crippen molar-refractivity contribution in [2.24, 2.45) is 5.41 Å². The number of hydrogen-bond donors (Lipinski definition) is 1. The predicted octanol–water partition coefficient (Wildman–Crippen LogP) is 2.22. The number of fused-ring (bicyclic) bond motifs is 1. The van der Waals surface area contributed by atoms with E-state index in [2.05, 4.69) is 50.9 Å². The Labute approximate surface area is 126 Å². The van der Waals surface area contributed by atoms with E-state index in [0.717, 1.165) is 12.2 Å². The standard InChI is InChI=1S/C17H24N4/c1-14-15(21-10-3-2-4-16(21)19-14)12-20-11-7-17(13-20)5-8-18-9-6-17/h2-4,10,18H,5-9,11-13H2,1H3. The smallest absolute Gasteiger partial charge is 0.137 e. The van der Waals surface area contributed by atoms with Gasteiger partial charge in [0.1, 0.15) is 5.65 Å². The lowest BCUT2D eigenvalue weighted by atomic mass is 9.78. The average molecular weight is 284 g/mol. The summed E-state index contributed by atoms with van der Waals surface area (Å²) in [6.07, 6.45) is 6.19. The van der Waals surface area contributed by atoms with E-state index in [0.29, 0.717) is 5.41 Å². The monoisotopic (exact) mass is 284 g/mol. The van der Waals surface area contributed by atoms with Gasteiger partial charge in [0.2, 0.25) is 0 Å². The van der Waals surface area contributed by atoms with Crippen molar-refractivity contribution in [3.05, 3.63) is 35.8 Å². The van der Waals surface area contributed by atoms with Crippen LogP contribution >= 0.6 is 0 Å². The molecule has 2 aliphatic rings. The Morgan fingerprint density at radius 2 is 2.10 bits per heavy atom. The van der Waals surface area contributed by atoms with Crippen LogP contribution in [0.15, 0.2) is 24.4 Å². The van der Waals surface area contributed by atoms with Crippen molar-refractivity contribution in [2.75, 3.05) is 26.2 Å². The average Bonchev–Trinajstić information content (AvgIpc) is 3.03. The van der Waals surface area contributed by atoms with Crippen molar-refractivity contribution in [3.63, 3.8) is 0 Å². The fourth-order valence-corrected chi connectivity index (χ4v) is 4.09. The number of nitrogens with zero attached hydrogens (tertiary/aromatic N) is 3. The minimum Gasteiger partial charge on any atom is -0.317 e. The molecule has 2 aromatic rings. The molecule has 112 valence electrons. The van der Waals surface area contributed by atoms with E-state index in [9.17, 15) is 0 Å². The van der Waals surface area contributed by atoms with Crippen molar-refractivity contribution < 1.29 is 0 Å². The Bertz CT molecular complexity index is 639. The van der Waals surface area contributed by atoms with E-state index in [-0.39, 0.29) is 0 Å². The number of nitrogens with one attached hydrogen (secondary N) is 1. The van der Waals surface area contributed by atoms with Gasteiger partial charge in [-0.15, -0.1) is 0 Å². The number of rotatable bonds is 2. The van der Waals surface area contributed by atoms with Crippen molar-refractivity contribution >= 4 is 5.65 Å². The topological polar surface area (TPSA) is 32.6 Å². The highest BCUT2D eigenvalue weighted by Crippen LogP contribution is 2.39. The molecule has 0 atom stereocenters. The maximum absolute atomic E-state index is 4.69. The van der Waals surface area contributed by atoms with Crippen LogP contribution in [0.4, 0.5) is 0 Å². The molecule has 21 heavy (non-hydrogen) atoms. The second-order valence-corrected chi connectivity index (χ2v) is 6.78. The third kappa shape index (κ3) is 2.36. The zero-order chi connectivity index (χ0) is 14.3. The number of aryl methyl sites for hydroxylation is 1. The van der Waals surface area contributed by atoms with Gasteiger partial charge in [0, 0.05) is 19.3 Å². The highest BCUT2D eigenvalue weighted by molar-refractivity contribution is 5.42. The molecule has 0 saturated carbocycles. The summed E-state index contributed by atoms with van der Waals surface area (Å²) in [6, 6.07) is 6.25. The number of hydrogen-bond acceptors (Lipinski definition) is 3. The highest BCUT2D eigenvalue weighted by Gasteiger charge is 2.38. The van der Waals surface area contributed by atoms with Gasteiger partial charge in [0.05, 0.1) is 11.4 Å². The van der Waals surface area contributed by atoms with Crippen LogP contribution in [0.5, 0.6) is 0 Å². The van der Waals surface area contributed by atoms with Crippen LogP contribution in [0.3, 0.4) is 0 Å². The van der Waals surface area contributed by atoms with Gasteiger partial charge in [0.25, 0.3) is 0 Å². The molecule has 4 heteroatoms.